The lowest BCUT2D eigenvalue weighted by molar-refractivity contribution is 0.133. The zero-order valence-electron chi connectivity index (χ0n) is 15.3. The molecule has 2 saturated heterocycles. The van der Waals surface area contributed by atoms with Crippen LogP contribution in [-0.2, 0) is 11.8 Å². The van der Waals surface area contributed by atoms with E-state index in [0.717, 1.165) is 51.1 Å². The Kier molecular flexibility index (Phi) is 3.75. The van der Waals surface area contributed by atoms with Crippen molar-refractivity contribution in [3.05, 3.63) is 34.9 Å². The molecule has 1 N–H and O–H groups in total. The van der Waals surface area contributed by atoms with Crippen molar-refractivity contribution in [3.63, 3.8) is 0 Å². The molecule has 0 radical (unpaired) electrons. The number of H-pyrrole nitrogens is 1. The standard InChI is InChI=1S/C19H22N6O2/c1-24-17(26)14-15(13-2-7-20-8-3-13)22-23-16(14)21-18(24)25-9-4-19(5-10-25)6-11-27-12-19/h2-3,7-8H,4-6,9-12H2,1H3,(H,22,23). The summed E-state index contributed by atoms with van der Waals surface area (Å²) in [4.78, 5) is 24.1. The van der Waals surface area contributed by atoms with Gasteiger partial charge in [-0.15, -0.1) is 0 Å². The van der Waals surface area contributed by atoms with Gasteiger partial charge in [-0.3, -0.25) is 19.4 Å². The summed E-state index contributed by atoms with van der Waals surface area (Å²) >= 11 is 0. The monoisotopic (exact) mass is 366 g/mol. The average molecular weight is 366 g/mol. The molecule has 1 spiro atoms. The molecule has 2 aliphatic rings. The molecule has 2 fully saturated rings. The molecular weight excluding hydrogens is 344 g/mol. The Morgan fingerprint density at radius 3 is 2.67 bits per heavy atom. The van der Waals surface area contributed by atoms with E-state index in [0.29, 0.717) is 28.1 Å². The Balaban J connectivity index is 1.52. The second-order valence-electron chi connectivity index (χ2n) is 7.60. The fourth-order valence-corrected chi connectivity index (χ4v) is 4.28. The maximum Gasteiger partial charge on any atom is 0.266 e. The van der Waals surface area contributed by atoms with Crippen LogP contribution in [0, 0.1) is 5.41 Å². The van der Waals surface area contributed by atoms with Gasteiger partial charge in [-0.2, -0.15) is 10.1 Å². The zero-order chi connectivity index (χ0) is 18.4. The van der Waals surface area contributed by atoms with E-state index in [9.17, 15) is 4.79 Å². The number of nitrogens with zero attached hydrogens (tertiary/aromatic N) is 5. The lowest BCUT2D eigenvalue weighted by Crippen LogP contribution is -2.43. The van der Waals surface area contributed by atoms with Crippen LogP contribution in [0.25, 0.3) is 22.3 Å². The fourth-order valence-electron chi connectivity index (χ4n) is 4.28. The van der Waals surface area contributed by atoms with Crippen molar-refractivity contribution in [2.45, 2.75) is 19.3 Å². The van der Waals surface area contributed by atoms with Crippen molar-refractivity contribution >= 4 is 17.0 Å². The fraction of sp³-hybridized carbons (Fsp3) is 0.474. The van der Waals surface area contributed by atoms with Gasteiger partial charge in [-0.05, 0) is 36.8 Å². The maximum absolute atomic E-state index is 13.1. The summed E-state index contributed by atoms with van der Waals surface area (Å²) in [7, 11) is 1.79. The van der Waals surface area contributed by atoms with Crippen LogP contribution < -0.4 is 10.5 Å². The second kappa shape index (κ2) is 6.16. The molecular formula is C19H22N6O2. The Hall–Kier alpha value is -2.74. The van der Waals surface area contributed by atoms with Crippen LogP contribution >= 0.6 is 0 Å². The molecule has 0 unspecified atom stereocenters. The molecule has 27 heavy (non-hydrogen) atoms. The third kappa shape index (κ3) is 2.63. The molecule has 2 aliphatic heterocycles. The highest BCUT2D eigenvalue weighted by Crippen LogP contribution is 2.39. The number of fused-ring (bicyclic) bond motifs is 1. The zero-order valence-corrected chi connectivity index (χ0v) is 15.3. The number of aromatic amines is 1. The van der Waals surface area contributed by atoms with Gasteiger partial charge in [-0.1, -0.05) is 0 Å². The predicted molar refractivity (Wildman–Crippen MR) is 102 cm³/mol. The highest BCUT2D eigenvalue weighted by Gasteiger charge is 2.38. The van der Waals surface area contributed by atoms with Crippen LogP contribution in [0.4, 0.5) is 5.95 Å². The average Bonchev–Trinajstić information content (AvgIpc) is 3.34. The minimum Gasteiger partial charge on any atom is -0.381 e. The minimum atomic E-state index is -0.0833. The lowest BCUT2D eigenvalue weighted by Gasteiger charge is -2.39. The first kappa shape index (κ1) is 16.4. The Morgan fingerprint density at radius 2 is 1.96 bits per heavy atom. The van der Waals surface area contributed by atoms with Crippen LogP contribution in [0.3, 0.4) is 0 Å². The van der Waals surface area contributed by atoms with Crippen molar-refractivity contribution in [3.8, 4) is 11.3 Å². The third-order valence-corrected chi connectivity index (χ3v) is 6.02. The topological polar surface area (TPSA) is 88.9 Å². The molecule has 3 aromatic rings. The second-order valence-corrected chi connectivity index (χ2v) is 7.60. The third-order valence-electron chi connectivity index (χ3n) is 6.02. The van der Waals surface area contributed by atoms with Crippen molar-refractivity contribution in [1.82, 2.24) is 24.7 Å². The molecule has 0 saturated carbocycles. The van der Waals surface area contributed by atoms with Crippen molar-refractivity contribution < 1.29 is 4.74 Å². The SMILES string of the molecule is Cn1c(N2CCC3(CCOC3)CC2)nc2[nH]nc(-c3ccncc3)c2c1=O. The number of piperidine rings is 1. The number of hydrogen-bond donors (Lipinski definition) is 1. The summed E-state index contributed by atoms with van der Waals surface area (Å²) in [6.07, 6.45) is 6.68. The quantitative estimate of drug-likeness (QED) is 0.743. The first-order valence-corrected chi connectivity index (χ1v) is 9.35. The molecule has 8 nitrogen and oxygen atoms in total. The van der Waals surface area contributed by atoms with Crippen LogP contribution in [0.15, 0.2) is 29.3 Å². The van der Waals surface area contributed by atoms with Gasteiger partial charge in [0.25, 0.3) is 5.56 Å². The van der Waals surface area contributed by atoms with E-state index in [4.69, 9.17) is 9.72 Å². The molecule has 8 heteroatoms. The molecule has 0 atom stereocenters. The van der Waals surface area contributed by atoms with E-state index in [-0.39, 0.29) is 5.56 Å². The predicted octanol–water partition coefficient (Wildman–Crippen LogP) is 1.73. The number of anilines is 1. The van der Waals surface area contributed by atoms with E-state index in [2.05, 4.69) is 20.1 Å². The summed E-state index contributed by atoms with van der Waals surface area (Å²) in [5.74, 6) is 0.700. The van der Waals surface area contributed by atoms with Crippen molar-refractivity contribution in [1.29, 1.82) is 0 Å². The summed E-state index contributed by atoms with van der Waals surface area (Å²) in [5, 5.41) is 7.81. The van der Waals surface area contributed by atoms with Gasteiger partial charge in [0, 0.05) is 44.7 Å². The van der Waals surface area contributed by atoms with Gasteiger partial charge >= 0.3 is 0 Å². The largest absolute Gasteiger partial charge is 0.381 e. The smallest absolute Gasteiger partial charge is 0.266 e. The number of pyridine rings is 1. The Morgan fingerprint density at radius 1 is 1.19 bits per heavy atom. The van der Waals surface area contributed by atoms with Gasteiger partial charge in [-0.25, -0.2) is 0 Å². The van der Waals surface area contributed by atoms with Crippen LogP contribution in [-0.4, -0.2) is 51.0 Å². The summed E-state index contributed by atoms with van der Waals surface area (Å²) < 4.78 is 7.26. The van der Waals surface area contributed by atoms with Gasteiger partial charge in [0.15, 0.2) is 5.65 Å². The molecule has 3 aromatic heterocycles. The summed E-state index contributed by atoms with van der Waals surface area (Å²) in [6, 6.07) is 3.69. The number of aromatic nitrogens is 5. The molecule has 5 heterocycles. The molecule has 0 aliphatic carbocycles. The normalized spacial score (nSPS) is 19.2. The molecule has 140 valence electrons. The van der Waals surface area contributed by atoms with Gasteiger partial charge in [0.1, 0.15) is 11.1 Å². The molecule has 0 amide bonds. The maximum atomic E-state index is 13.1. The first-order valence-electron chi connectivity index (χ1n) is 9.35. The van der Waals surface area contributed by atoms with E-state index < -0.39 is 0 Å². The van der Waals surface area contributed by atoms with Crippen LogP contribution in [0.5, 0.6) is 0 Å². The molecule has 5 rings (SSSR count). The first-order chi connectivity index (χ1) is 13.2. The van der Waals surface area contributed by atoms with E-state index >= 15 is 0 Å². The highest BCUT2D eigenvalue weighted by atomic mass is 16.5. The minimum absolute atomic E-state index is 0.0833. The van der Waals surface area contributed by atoms with Gasteiger partial charge in [0.05, 0.1) is 6.61 Å². The molecule has 0 aromatic carbocycles. The van der Waals surface area contributed by atoms with Gasteiger partial charge < -0.3 is 9.64 Å². The van der Waals surface area contributed by atoms with Crippen molar-refractivity contribution in [2.75, 3.05) is 31.2 Å². The summed E-state index contributed by atoms with van der Waals surface area (Å²) in [6.45, 7) is 3.51. The number of ether oxygens (including phenoxy) is 1. The number of rotatable bonds is 2. The van der Waals surface area contributed by atoms with E-state index in [1.165, 1.54) is 0 Å². The Labute approximate surface area is 156 Å². The molecule has 0 bridgehead atoms. The van der Waals surface area contributed by atoms with Crippen LogP contribution in [0.1, 0.15) is 19.3 Å². The van der Waals surface area contributed by atoms with Crippen molar-refractivity contribution in [2.24, 2.45) is 12.5 Å². The lowest BCUT2D eigenvalue weighted by atomic mass is 9.78. The van der Waals surface area contributed by atoms with Crippen LogP contribution in [0.2, 0.25) is 0 Å². The highest BCUT2D eigenvalue weighted by molar-refractivity contribution is 5.90. The Bertz CT molecular complexity index is 1030. The van der Waals surface area contributed by atoms with E-state index in [1.807, 2.05) is 12.1 Å². The van der Waals surface area contributed by atoms with Gasteiger partial charge in [0.2, 0.25) is 5.95 Å². The van der Waals surface area contributed by atoms with E-state index in [1.54, 1.807) is 24.0 Å². The number of nitrogens with one attached hydrogen (secondary N) is 1. The summed E-state index contributed by atoms with van der Waals surface area (Å²) in [5.41, 5.74) is 2.24. The number of hydrogen-bond acceptors (Lipinski definition) is 6.